The normalized spacial score (nSPS) is 23.4. The highest BCUT2D eigenvalue weighted by atomic mass is 15.2. The van der Waals surface area contributed by atoms with Gasteiger partial charge in [-0.2, -0.15) is 0 Å². The Morgan fingerprint density at radius 1 is 1.25 bits per heavy atom. The van der Waals surface area contributed by atoms with Crippen molar-refractivity contribution in [3.05, 3.63) is 23.4 Å². The third kappa shape index (κ3) is 2.39. The molecule has 1 aliphatic carbocycles. The molecule has 0 amide bonds. The number of aryl methyl sites for hydroxylation is 1. The highest BCUT2D eigenvalue weighted by Crippen LogP contribution is 2.38. The van der Waals surface area contributed by atoms with Gasteiger partial charge < -0.3 is 10.6 Å². The van der Waals surface area contributed by atoms with Gasteiger partial charge in [0.05, 0.1) is 5.56 Å². The predicted octanol–water partition coefficient (Wildman–Crippen LogP) is 2.83. The summed E-state index contributed by atoms with van der Waals surface area (Å²) in [5.74, 6) is 1.87. The largest absolute Gasteiger partial charge is 0.384 e. The fourth-order valence-electron chi connectivity index (χ4n) is 3.86. The third-order valence-corrected chi connectivity index (χ3v) is 4.82. The van der Waals surface area contributed by atoms with Gasteiger partial charge in [0, 0.05) is 18.3 Å². The van der Waals surface area contributed by atoms with E-state index in [2.05, 4.69) is 4.90 Å². The van der Waals surface area contributed by atoms with Crippen LogP contribution in [0.1, 0.15) is 49.8 Å². The summed E-state index contributed by atoms with van der Waals surface area (Å²) in [5.41, 5.74) is 7.54. The van der Waals surface area contributed by atoms with E-state index in [9.17, 15) is 0 Å². The van der Waals surface area contributed by atoms with Crippen molar-refractivity contribution in [2.24, 2.45) is 11.7 Å². The van der Waals surface area contributed by atoms with E-state index in [1.165, 1.54) is 38.5 Å². The molecule has 0 bridgehead atoms. The summed E-state index contributed by atoms with van der Waals surface area (Å²) in [6, 6.07) is 4.50. The molecule has 0 spiro atoms. The van der Waals surface area contributed by atoms with Crippen LogP contribution in [0.15, 0.2) is 12.1 Å². The van der Waals surface area contributed by atoms with Crippen molar-refractivity contribution in [2.75, 3.05) is 11.4 Å². The highest BCUT2D eigenvalue weighted by Gasteiger charge is 2.35. The molecule has 3 rings (SSSR count). The molecule has 0 aromatic carbocycles. The molecular weight excluding hydrogens is 248 g/mol. The zero-order valence-corrected chi connectivity index (χ0v) is 12.2. The molecule has 4 nitrogen and oxygen atoms in total. The van der Waals surface area contributed by atoms with Gasteiger partial charge in [0.15, 0.2) is 0 Å². The predicted molar refractivity (Wildman–Crippen MR) is 82.3 cm³/mol. The smallest absolute Gasteiger partial charge is 0.140 e. The highest BCUT2D eigenvalue weighted by molar-refractivity contribution is 5.99. The molecule has 2 heterocycles. The van der Waals surface area contributed by atoms with Crippen molar-refractivity contribution < 1.29 is 0 Å². The molecule has 1 aliphatic heterocycles. The summed E-state index contributed by atoms with van der Waals surface area (Å²) in [7, 11) is 0. The molecule has 1 aromatic heterocycles. The van der Waals surface area contributed by atoms with Crippen LogP contribution in [0, 0.1) is 18.3 Å². The van der Waals surface area contributed by atoms with E-state index in [0.717, 1.165) is 29.5 Å². The first-order valence-corrected chi connectivity index (χ1v) is 7.75. The Bertz CT molecular complexity index is 505. The van der Waals surface area contributed by atoms with Crippen LogP contribution in [-0.2, 0) is 0 Å². The molecule has 4 heteroatoms. The molecule has 1 atom stereocenters. The first kappa shape index (κ1) is 13.4. The van der Waals surface area contributed by atoms with Gasteiger partial charge in [0.1, 0.15) is 11.7 Å². The minimum absolute atomic E-state index is 0.129. The van der Waals surface area contributed by atoms with Crippen LogP contribution >= 0.6 is 0 Å². The fourth-order valence-corrected chi connectivity index (χ4v) is 3.86. The van der Waals surface area contributed by atoms with Crippen molar-refractivity contribution in [3.8, 4) is 0 Å². The first-order chi connectivity index (χ1) is 9.66. The number of nitrogen functional groups attached to an aromatic ring is 1. The van der Waals surface area contributed by atoms with E-state index in [1.54, 1.807) is 0 Å². The van der Waals surface area contributed by atoms with Crippen LogP contribution in [0.25, 0.3) is 0 Å². The Labute approximate surface area is 120 Å². The van der Waals surface area contributed by atoms with Gasteiger partial charge in [-0.05, 0) is 50.7 Å². The second kappa shape index (κ2) is 5.43. The molecule has 1 saturated carbocycles. The minimum Gasteiger partial charge on any atom is -0.384 e. The minimum atomic E-state index is 0.129. The Balaban J connectivity index is 1.94. The Morgan fingerprint density at radius 2 is 2.00 bits per heavy atom. The standard InChI is InChI=1S/C16H24N4/c1-11-8-9-13(15(17)18)16(19-11)20-10-4-7-14(20)12-5-2-3-6-12/h8-9,12,14H,2-7,10H2,1H3,(H3,17,18). The molecule has 1 saturated heterocycles. The number of pyridine rings is 1. The second-order valence-electron chi connectivity index (χ2n) is 6.18. The average molecular weight is 272 g/mol. The number of nitrogens with zero attached hydrogens (tertiary/aromatic N) is 2. The third-order valence-electron chi connectivity index (χ3n) is 4.82. The Hall–Kier alpha value is -1.58. The topological polar surface area (TPSA) is 66.0 Å². The van der Waals surface area contributed by atoms with Gasteiger partial charge in [-0.25, -0.2) is 4.98 Å². The quantitative estimate of drug-likeness (QED) is 0.657. The van der Waals surface area contributed by atoms with Crippen molar-refractivity contribution >= 4 is 11.7 Å². The molecule has 3 N–H and O–H groups in total. The van der Waals surface area contributed by atoms with Gasteiger partial charge in [0.2, 0.25) is 0 Å². The summed E-state index contributed by atoms with van der Waals surface area (Å²) in [6.45, 7) is 3.06. The number of rotatable bonds is 3. The number of nitrogens with two attached hydrogens (primary N) is 1. The first-order valence-electron chi connectivity index (χ1n) is 7.75. The number of aromatic nitrogens is 1. The zero-order chi connectivity index (χ0) is 14.1. The van der Waals surface area contributed by atoms with Gasteiger partial charge in [0.25, 0.3) is 0 Å². The average Bonchev–Trinajstić information content (AvgIpc) is 3.09. The van der Waals surface area contributed by atoms with Crippen molar-refractivity contribution in [2.45, 2.75) is 51.5 Å². The maximum absolute atomic E-state index is 7.80. The SMILES string of the molecule is Cc1ccc(C(=N)N)c(N2CCCC2C2CCCC2)n1. The molecule has 20 heavy (non-hydrogen) atoms. The molecule has 1 unspecified atom stereocenters. The zero-order valence-electron chi connectivity index (χ0n) is 12.2. The molecule has 0 radical (unpaired) electrons. The van der Waals surface area contributed by atoms with Crippen LogP contribution in [0.3, 0.4) is 0 Å². The lowest BCUT2D eigenvalue weighted by molar-refractivity contribution is 0.429. The molecule has 1 aromatic rings. The number of amidine groups is 1. The number of hydrogen-bond donors (Lipinski definition) is 2. The summed E-state index contributed by atoms with van der Waals surface area (Å²) in [4.78, 5) is 7.13. The summed E-state index contributed by atoms with van der Waals surface area (Å²) >= 11 is 0. The van der Waals surface area contributed by atoms with Gasteiger partial charge in [-0.1, -0.05) is 12.8 Å². The van der Waals surface area contributed by atoms with Gasteiger partial charge in [-0.15, -0.1) is 0 Å². The van der Waals surface area contributed by atoms with Crippen molar-refractivity contribution in [1.29, 1.82) is 5.41 Å². The lowest BCUT2D eigenvalue weighted by Gasteiger charge is -2.31. The van der Waals surface area contributed by atoms with Crippen molar-refractivity contribution in [3.63, 3.8) is 0 Å². The number of anilines is 1. The van der Waals surface area contributed by atoms with Crippen molar-refractivity contribution in [1.82, 2.24) is 4.98 Å². The summed E-state index contributed by atoms with van der Waals surface area (Å²) < 4.78 is 0. The van der Waals surface area contributed by atoms with Gasteiger partial charge in [-0.3, -0.25) is 5.41 Å². The number of hydrogen-bond acceptors (Lipinski definition) is 3. The Kier molecular flexibility index (Phi) is 3.64. The fraction of sp³-hybridized carbons (Fsp3) is 0.625. The lowest BCUT2D eigenvalue weighted by Crippen LogP contribution is -2.36. The summed E-state index contributed by atoms with van der Waals surface area (Å²) in [5, 5.41) is 7.80. The lowest BCUT2D eigenvalue weighted by atomic mass is 9.96. The van der Waals surface area contributed by atoms with E-state index in [1.807, 2.05) is 19.1 Å². The Morgan fingerprint density at radius 3 is 2.70 bits per heavy atom. The molecular formula is C16H24N4. The van der Waals surface area contributed by atoms with E-state index in [0.29, 0.717) is 6.04 Å². The second-order valence-corrected chi connectivity index (χ2v) is 6.18. The van der Waals surface area contributed by atoms with Crippen LogP contribution in [0.2, 0.25) is 0 Å². The van der Waals surface area contributed by atoms with Crippen LogP contribution in [0.4, 0.5) is 5.82 Å². The molecule has 2 aliphatic rings. The van der Waals surface area contributed by atoms with E-state index in [4.69, 9.17) is 16.1 Å². The maximum atomic E-state index is 7.80. The van der Waals surface area contributed by atoms with Crippen LogP contribution in [0.5, 0.6) is 0 Å². The van der Waals surface area contributed by atoms with Crippen LogP contribution in [-0.4, -0.2) is 23.4 Å². The maximum Gasteiger partial charge on any atom is 0.140 e. The summed E-state index contributed by atoms with van der Waals surface area (Å²) in [6.07, 6.45) is 7.93. The van der Waals surface area contributed by atoms with Gasteiger partial charge >= 0.3 is 0 Å². The molecule has 2 fully saturated rings. The molecule has 108 valence electrons. The van der Waals surface area contributed by atoms with E-state index >= 15 is 0 Å². The van der Waals surface area contributed by atoms with Crippen LogP contribution < -0.4 is 10.6 Å². The number of nitrogens with one attached hydrogen (secondary N) is 1. The monoisotopic (exact) mass is 272 g/mol. The van der Waals surface area contributed by atoms with E-state index < -0.39 is 0 Å². The van der Waals surface area contributed by atoms with E-state index in [-0.39, 0.29) is 5.84 Å².